The standard InChI is InChI=1S/C18H20N4O3/c1-2-25-16-8-7-14-17(21-16)15(23)9-10-22(14)18(24)20-11-12-3-5-13(19)6-4-12/h3-8H,2,9-11,19H2,1H3,(H,20,24). The number of nitrogens with two attached hydrogens (primary N) is 1. The van der Waals surface area contributed by atoms with Crippen molar-refractivity contribution in [1.82, 2.24) is 10.3 Å². The third-order valence-corrected chi connectivity index (χ3v) is 3.93. The fourth-order valence-electron chi connectivity index (χ4n) is 2.66. The SMILES string of the molecule is CCOc1ccc2c(n1)C(=O)CCN2C(=O)NCc1ccc(N)cc1. The zero-order valence-corrected chi connectivity index (χ0v) is 14.0. The molecule has 130 valence electrons. The summed E-state index contributed by atoms with van der Waals surface area (Å²) in [6.45, 7) is 3.02. The first-order valence-electron chi connectivity index (χ1n) is 8.15. The van der Waals surface area contributed by atoms with Crippen molar-refractivity contribution in [1.29, 1.82) is 0 Å². The minimum absolute atomic E-state index is 0.0841. The summed E-state index contributed by atoms with van der Waals surface area (Å²) in [6.07, 6.45) is 0.241. The number of nitrogens with one attached hydrogen (secondary N) is 1. The third kappa shape index (κ3) is 3.71. The molecule has 0 fully saturated rings. The van der Waals surface area contributed by atoms with Crippen LogP contribution in [0.1, 0.15) is 29.4 Å². The molecular formula is C18H20N4O3. The Morgan fingerprint density at radius 2 is 2.04 bits per heavy atom. The van der Waals surface area contributed by atoms with E-state index < -0.39 is 0 Å². The van der Waals surface area contributed by atoms with Crippen LogP contribution in [0.5, 0.6) is 5.88 Å². The van der Waals surface area contributed by atoms with Crippen molar-refractivity contribution in [2.45, 2.75) is 19.9 Å². The number of urea groups is 1. The van der Waals surface area contributed by atoms with Crippen molar-refractivity contribution in [2.24, 2.45) is 0 Å². The lowest BCUT2D eigenvalue weighted by atomic mass is 10.1. The second-order valence-corrected chi connectivity index (χ2v) is 5.68. The van der Waals surface area contributed by atoms with Crippen LogP contribution in [0.3, 0.4) is 0 Å². The lowest BCUT2D eigenvalue weighted by molar-refractivity contribution is 0.0974. The summed E-state index contributed by atoms with van der Waals surface area (Å²) in [5.74, 6) is 0.304. The van der Waals surface area contributed by atoms with Gasteiger partial charge in [-0.15, -0.1) is 0 Å². The number of pyridine rings is 1. The van der Waals surface area contributed by atoms with Crippen LogP contribution in [0.25, 0.3) is 0 Å². The highest BCUT2D eigenvalue weighted by molar-refractivity contribution is 6.07. The van der Waals surface area contributed by atoms with Crippen molar-refractivity contribution < 1.29 is 14.3 Å². The minimum atomic E-state index is -0.267. The predicted octanol–water partition coefficient (Wildman–Crippen LogP) is 2.37. The largest absolute Gasteiger partial charge is 0.478 e. The molecule has 0 unspecified atom stereocenters. The van der Waals surface area contributed by atoms with Gasteiger partial charge in [-0.3, -0.25) is 9.69 Å². The normalized spacial score (nSPS) is 13.3. The summed E-state index contributed by atoms with van der Waals surface area (Å²) in [7, 11) is 0. The van der Waals surface area contributed by atoms with Gasteiger partial charge in [0.2, 0.25) is 5.88 Å². The molecule has 0 saturated carbocycles. The number of ketones is 1. The zero-order valence-electron chi connectivity index (χ0n) is 14.0. The maximum absolute atomic E-state index is 12.5. The Hall–Kier alpha value is -3.09. The number of hydrogen-bond acceptors (Lipinski definition) is 5. The minimum Gasteiger partial charge on any atom is -0.478 e. The van der Waals surface area contributed by atoms with Crippen molar-refractivity contribution in [2.75, 3.05) is 23.8 Å². The average Bonchev–Trinajstić information content (AvgIpc) is 2.62. The molecule has 7 nitrogen and oxygen atoms in total. The van der Waals surface area contributed by atoms with Crippen LogP contribution >= 0.6 is 0 Å². The van der Waals surface area contributed by atoms with Gasteiger partial charge in [-0.25, -0.2) is 9.78 Å². The van der Waals surface area contributed by atoms with Crippen LogP contribution < -0.4 is 20.7 Å². The van der Waals surface area contributed by atoms with Crippen molar-refractivity contribution >= 4 is 23.2 Å². The molecule has 1 aromatic heterocycles. The number of anilines is 2. The number of nitrogens with zero attached hydrogens (tertiary/aromatic N) is 2. The Morgan fingerprint density at radius 3 is 2.76 bits per heavy atom. The Balaban J connectivity index is 1.74. The number of benzene rings is 1. The van der Waals surface area contributed by atoms with Gasteiger partial charge in [0.15, 0.2) is 5.78 Å². The molecule has 0 radical (unpaired) electrons. The van der Waals surface area contributed by atoms with Crippen LogP contribution in [-0.2, 0) is 6.54 Å². The summed E-state index contributed by atoms with van der Waals surface area (Å²) in [5.41, 5.74) is 8.06. The Labute approximate surface area is 145 Å². The Kier molecular flexibility index (Phi) is 4.83. The first-order chi connectivity index (χ1) is 12.1. The van der Waals surface area contributed by atoms with E-state index in [1.807, 2.05) is 19.1 Å². The second-order valence-electron chi connectivity index (χ2n) is 5.68. The molecule has 3 rings (SSSR count). The fourth-order valence-corrected chi connectivity index (χ4v) is 2.66. The van der Waals surface area contributed by atoms with E-state index in [1.54, 1.807) is 24.3 Å². The maximum Gasteiger partial charge on any atom is 0.322 e. The molecule has 2 amide bonds. The monoisotopic (exact) mass is 340 g/mol. The molecule has 2 heterocycles. The number of rotatable bonds is 4. The van der Waals surface area contributed by atoms with E-state index in [0.29, 0.717) is 37.0 Å². The number of nitrogen functional groups attached to an aromatic ring is 1. The van der Waals surface area contributed by atoms with Crippen LogP contribution in [0.15, 0.2) is 36.4 Å². The van der Waals surface area contributed by atoms with Gasteiger partial charge in [0.05, 0.1) is 12.3 Å². The smallest absolute Gasteiger partial charge is 0.322 e. The van der Waals surface area contributed by atoms with Gasteiger partial charge in [0.1, 0.15) is 5.69 Å². The third-order valence-electron chi connectivity index (χ3n) is 3.93. The molecule has 0 atom stereocenters. The summed E-state index contributed by atoms with van der Waals surface area (Å²) in [5, 5.41) is 2.86. The summed E-state index contributed by atoms with van der Waals surface area (Å²) >= 11 is 0. The maximum atomic E-state index is 12.5. The first kappa shape index (κ1) is 16.8. The second kappa shape index (κ2) is 7.21. The van der Waals surface area contributed by atoms with Gasteiger partial charge in [-0.2, -0.15) is 0 Å². The summed E-state index contributed by atoms with van der Waals surface area (Å²) < 4.78 is 5.34. The molecule has 0 bridgehead atoms. The molecule has 25 heavy (non-hydrogen) atoms. The van der Waals surface area contributed by atoms with Crippen LogP contribution in [0.4, 0.5) is 16.2 Å². The van der Waals surface area contributed by atoms with E-state index >= 15 is 0 Å². The van der Waals surface area contributed by atoms with E-state index in [9.17, 15) is 9.59 Å². The first-order valence-corrected chi connectivity index (χ1v) is 8.15. The quantitative estimate of drug-likeness (QED) is 0.833. The van der Waals surface area contributed by atoms with E-state index in [0.717, 1.165) is 5.56 Å². The molecule has 3 N–H and O–H groups in total. The molecule has 0 spiro atoms. The number of hydrogen-bond donors (Lipinski definition) is 2. The number of Topliss-reactive ketones (excluding diaryl/α,β-unsaturated/α-hetero) is 1. The summed E-state index contributed by atoms with van der Waals surface area (Å²) in [6, 6.07) is 10.4. The van der Waals surface area contributed by atoms with Gasteiger partial charge in [-0.1, -0.05) is 12.1 Å². The summed E-state index contributed by atoms with van der Waals surface area (Å²) in [4.78, 5) is 30.4. The molecule has 2 aromatic rings. The van der Waals surface area contributed by atoms with E-state index in [2.05, 4.69) is 10.3 Å². The molecule has 0 aliphatic carbocycles. The van der Waals surface area contributed by atoms with Gasteiger partial charge in [0.25, 0.3) is 0 Å². The number of amides is 2. The van der Waals surface area contributed by atoms with Crippen molar-refractivity contribution in [3.05, 3.63) is 47.7 Å². The zero-order chi connectivity index (χ0) is 17.8. The highest BCUT2D eigenvalue weighted by Crippen LogP contribution is 2.28. The number of ether oxygens (including phenoxy) is 1. The number of aromatic nitrogens is 1. The highest BCUT2D eigenvalue weighted by Gasteiger charge is 2.29. The Bertz CT molecular complexity index is 789. The van der Waals surface area contributed by atoms with Gasteiger partial charge < -0.3 is 15.8 Å². The van der Waals surface area contributed by atoms with Gasteiger partial charge in [-0.05, 0) is 30.7 Å². The average molecular weight is 340 g/mol. The fraction of sp³-hybridized carbons (Fsp3) is 0.278. The molecule has 1 aliphatic rings. The molecule has 1 aliphatic heterocycles. The molecule has 7 heteroatoms. The van der Waals surface area contributed by atoms with Crippen molar-refractivity contribution in [3.8, 4) is 5.88 Å². The van der Waals surface area contributed by atoms with E-state index in [1.165, 1.54) is 4.90 Å². The van der Waals surface area contributed by atoms with Crippen LogP contribution in [-0.4, -0.2) is 29.9 Å². The number of carbonyl (C=O) groups is 2. The number of fused-ring (bicyclic) bond motifs is 1. The predicted molar refractivity (Wildman–Crippen MR) is 94.8 cm³/mol. The molecule has 0 saturated heterocycles. The van der Waals surface area contributed by atoms with Crippen molar-refractivity contribution in [3.63, 3.8) is 0 Å². The number of carbonyl (C=O) groups excluding carboxylic acids is 2. The Morgan fingerprint density at radius 1 is 1.28 bits per heavy atom. The molecular weight excluding hydrogens is 320 g/mol. The van der Waals surface area contributed by atoms with Gasteiger partial charge in [0, 0.05) is 31.3 Å². The van der Waals surface area contributed by atoms with Crippen LogP contribution in [0, 0.1) is 0 Å². The lowest BCUT2D eigenvalue weighted by Gasteiger charge is -2.28. The van der Waals surface area contributed by atoms with E-state index in [4.69, 9.17) is 10.5 Å². The van der Waals surface area contributed by atoms with Crippen LogP contribution in [0.2, 0.25) is 0 Å². The molecule has 1 aromatic carbocycles. The van der Waals surface area contributed by atoms with E-state index in [-0.39, 0.29) is 23.9 Å². The van der Waals surface area contributed by atoms with Gasteiger partial charge >= 0.3 is 6.03 Å². The highest BCUT2D eigenvalue weighted by atomic mass is 16.5. The lowest BCUT2D eigenvalue weighted by Crippen LogP contribution is -2.44. The topological polar surface area (TPSA) is 97.5 Å².